The Labute approximate surface area is 194 Å². The van der Waals surface area contributed by atoms with E-state index in [2.05, 4.69) is 21.9 Å². The molecule has 174 valence electrons. The topological polar surface area (TPSA) is 104 Å². The summed E-state index contributed by atoms with van der Waals surface area (Å²) in [7, 11) is 1.39. The van der Waals surface area contributed by atoms with Gasteiger partial charge >= 0.3 is 5.97 Å². The number of aromatic nitrogens is 2. The zero-order valence-corrected chi connectivity index (χ0v) is 19.7. The second kappa shape index (κ2) is 10.3. The van der Waals surface area contributed by atoms with E-state index in [0.717, 1.165) is 51.2 Å². The highest BCUT2D eigenvalue weighted by Gasteiger charge is 2.23. The lowest BCUT2D eigenvalue weighted by molar-refractivity contribution is -0.140. The Kier molecular flexibility index (Phi) is 7.53. The maximum Gasteiger partial charge on any atom is 0.305 e. The molecular weight excluding hydrogens is 418 g/mol. The normalized spacial score (nSPS) is 14.7. The number of rotatable bonds is 10. The second-order valence-corrected chi connectivity index (χ2v) is 8.26. The molecule has 2 aromatic heterocycles. The molecule has 0 aliphatic carbocycles. The lowest BCUT2D eigenvalue weighted by Gasteiger charge is -2.07. The van der Waals surface area contributed by atoms with Crippen molar-refractivity contribution in [1.29, 1.82) is 0 Å². The third-order valence-corrected chi connectivity index (χ3v) is 6.26. The molecule has 1 aliphatic heterocycles. The van der Waals surface area contributed by atoms with Crippen LogP contribution in [0, 0.1) is 13.8 Å². The average Bonchev–Trinajstić information content (AvgIpc) is 3.39. The molecule has 33 heavy (non-hydrogen) atoms. The fourth-order valence-corrected chi connectivity index (χ4v) is 4.31. The highest BCUT2D eigenvalue weighted by atomic mass is 16.5. The number of H-pyrrole nitrogens is 2. The molecule has 0 spiro atoms. The molecule has 3 heterocycles. The van der Waals surface area contributed by atoms with Crippen LogP contribution in [-0.2, 0) is 38.4 Å². The van der Waals surface area contributed by atoms with Crippen molar-refractivity contribution in [2.45, 2.75) is 52.9 Å². The van der Waals surface area contributed by atoms with Crippen molar-refractivity contribution in [2.24, 2.45) is 0 Å². The van der Waals surface area contributed by atoms with Gasteiger partial charge in [0.1, 0.15) is 6.29 Å². The van der Waals surface area contributed by atoms with E-state index in [4.69, 9.17) is 4.74 Å². The number of ether oxygens (including phenoxy) is 1. The fraction of sp³-hybridized carbons (Fsp3) is 0.346. The number of aromatic amines is 2. The number of nitrogens with one attached hydrogen (secondary N) is 3. The summed E-state index contributed by atoms with van der Waals surface area (Å²) in [6, 6.07) is 0. The third kappa shape index (κ3) is 5.08. The van der Waals surface area contributed by atoms with Crippen molar-refractivity contribution in [3.05, 3.63) is 75.0 Å². The molecule has 2 aromatic rings. The summed E-state index contributed by atoms with van der Waals surface area (Å²) in [6.45, 7) is 9.65. The summed E-state index contributed by atoms with van der Waals surface area (Å²) in [4.78, 5) is 41.7. The summed E-state index contributed by atoms with van der Waals surface area (Å²) in [5, 5.41) is 2.90. The average molecular weight is 450 g/mol. The smallest absolute Gasteiger partial charge is 0.305 e. The molecule has 0 radical (unpaired) electrons. The van der Waals surface area contributed by atoms with Crippen molar-refractivity contribution >= 4 is 24.2 Å². The van der Waals surface area contributed by atoms with Crippen LogP contribution in [0.2, 0.25) is 0 Å². The van der Waals surface area contributed by atoms with Crippen LogP contribution in [0.25, 0.3) is 6.08 Å². The first-order valence-electron chi connectivity index (χ1n) is 11.0. The van der Waals surface area contributed by atoms with Gasteiger partial charge in [-0.25, -0.2) is 0 Å². The van der Waals surface area contributed by atoms with Gasteiger partial charge in [0.2, 0.25) is 0 Å². The molecule has 7 heteroatoms. The maximum atomic E-state index is 12.1. The van der Waals surface area contributed by atoms with Gasteiger partial charge in [-0.1, -0.05) is 12.7 Å². The van der Waals surface area contributed by atoms with E-state index in [1.165, 1.54) is 7.11 Å². The quantitative estimate of drug-likeness (QED) is 0.379. The van der Waals surface area contributed by atoms with Crippen LogP contribution in [0.4, 0.5) is 0 Å². The monoisotopic (exact) mass is 449 g/mol. The van der Waals surface area contributed by atoms with E-state index in [-0.39, 0.29) is 11.9 Å². The number of aryl methyl sites for hydroxylation is 1. The summed E-state index contributed by atoms with van der Waals surface area (Å²) in [5.74, 6) is -0.364. The van der Waals surface area contributed by atoms with Gasteiger partial charge in [0.15, 0.2) is 0 Å². The van der Waals surface area contributed by atoms with Crippen LogP contribution in [0.1, 0.15) is 59.1 Å². The van der Waals surface area contributed by atoms with Gasteiger partial charge in [-0.3, -0.25) is 9.59 Å². The Morgan fingerprint density at radius 1 is 1.15 bits per heavy atom. The predicted octanol–water partition coefficient (Wildman–Crippen LogP) is 3.76. The summed E-state index contributed by atoms with van der Waals surface area (Å²) in [5.41, 5.74) is 9.38. The number of hydrogen-bond acceptors (Lipinski definition) is 4. The molecule has 0 bridgehead atoms. The van der Waals surface area contributed by atoms with Crippen molar-refractivity contribution in [3.8, 4) is 0 Å². The molecule has 0 saturated carbocycles. The van der Waals surface area contributed by atoms with E-state index in [1.54, 1.807) is 13.0 Å². The van der Waals surface area contributed by atoms with E-state index in [1.807, 2.05) is 26.1 Å². The van der Waals surface area contributed by atoms with Crippen LogP contribution < -0.4 is 5.32 Å². The van der Waals surface area contributed by atoms with Gasteiger partial charge in [0.25, 0.3) is 5.91 Å². The fourth-order valence-electron chi connectivity index (χ4n) is 4.31. The van der Waals surface area contributed by atoms with Crippen LogP contribution >= 0.6 is 0 Å². The van der Waals surface area contributed by atoms with Crippen molar-refractivity contribution in [1.82, 2.24) is 15.3 Å². The number of carbonyl (C=O) groups is 3. The number of esters is 1. The standard InChI is InChI=1S/C26H31N3O4/c1-6-18-17(4)26(32)29-23(18)12-21-16(3)20(8-7-11-30)24(28-21)13-22-19(15(2)14-27-22)9-10-25(31)33-5/h6,11-12,14,27-28H,1,7-10,13H2,2-5H3,(H,29,32). The number of allylic oxidation sites excluding steroid dienone is 1. The number of methoxy groups -OCH3 is 1. The minimum absolute atomic E-state index is 0.126. The minimum atomic E-state index is -0.238. The van der Waals surface area contributed by atoms with Gasteiger partial charge in [0.05, 0.1) is 12.8 Å². The lowest BCUT2D eigenvalue weighted by atomic mass is 9.99. The Morgan fingerprint density at radius 3 is 2.58 bits per heavy atom. The number of hydrogen-bond donors (Lipinski definition) is 3. The Hall–Kier alpha value is -3.61. The minimum Gasteiger partial charge on any atom is -0.469 e. The third-order valence-electron chi connectivity index (χ3n) is 6.26. The predicted molar refractivity (Wildman–Crippen MR) is 128 cm³/mol. The molecule has 0 unspecified atom stereocenters. The highest BCUT2D eigenvalue weighted by Crippen LogP contribution is 2.29. The molecule has 1 aliphatic rings. The summed E-state index contributed by atoms with van der Waals surface area (Å²) < 4.78 is 4.79. The van der Waals surface area contributed by atoms with Crippen molar-refractivity contribution < 1.29 is 19.1 Å². The molecule has 0 saturated heterocycles. The van der Waals surface area contributed by atoms with E-state index >= 15 is 0 Å². The first-order valence-corrected chi connectivity index (χ1v) is 11.0. The van der Waals surface area contributed by atoms with E-state index < -0.39 is 0 Å². The van der Waals surface area contributed by atoms with E-state index in [9.17, 15) is 14.4 Å². The van der Waals surface area contributed by atoms with Crippen LogP contribution in [0.15, 0.2) is 35.7 Å². The largest absolute Gasteiger partial charge is 0.469 e. The molecule has 0 fully saturated rings. The Bertz CT molecular complexity index is 1160. The number of amides is 1. The molecule has 7 nitrogen and oxygen atoms in total. The summed E-state index contributed by atoms with van der Waals surface area (Å²) >= 11 is 0. The zero-order chi connectivity index (χ0) is 24.1. The van der Waals surface area contributed by atoms with Gasteiger partial charge < -0.3 is 24.8 Å². The Morgan fingerprint density at radius 2 is 1.91 bits per heavy atom. The SMILES string of the molecule is C=CC1=C(C)C(=O)NC1=Cc1[nH]c(Cc2[nH]cc(C)c2CCC(=O)OC)c(CCC=O)c1C. The van der Waals surface area contributed by atoms with Gasteiger partial charge in [-0.05, 0) is 61.9 Å². The zero-order valence-electron chi connectivity index (χ0n) is 19.7. The lowest BCUT2D eigenvalue weighted by Crippen LogP contribution is -2.15. The highest BCUT2D eigenvalue weighted by molar-refractivity contribution is 6.01. The van der Waals surface area contributed by atoms with Gasteiger partial charge in [-0.15, -0.1) is 0 Å². The first-order chi connectivity index (χ1) is 15.8. The van der Waals surface area contributed by atoms with Crippen LogP contribution in [0.3, 0.4) is 0 Å². The van der Waals surface area contributed by atoms with Gasteiger partial charge in [0, 0.05) is 53.7 Å². The Balaban J connectivity index is 1.98. The van der Waals surface area contributed by atoms with E-state index in [0.29, 0.717) is 43.4 Å². The van der Waals surface area contributed by atoms with Crippen LogP contribution in [-0.4, -0.2) is 35.2 Å². The van der Waals surface area contributed by atoms with Crippen LogP contribution in [0.5, 0.6) is 0 Å². The van der Waals surface area contributed by atoms with Crippen molar-refractivity contribution in [2.75, 3.05) is 7.11 Å². The number of aldehydes is 1. The molecule has 0 aromatic carbocycles. The second-order valence-electron chi connectivity index (χ2n) is 8.26. The first kappa shape index (κ1) is 24.0. The molecule has 3 N–H and O–H groups in total. The molecule has 1 amide bonds. The summed E-state index contributed by atoms with van der Waals surface area (Å²) in [6.07, 6.45) is 9.04. The molecule has 3 rings (SSSR count). The molecular formula is C26H31N3O4. The van der Waals surface area contributed by atoms with Crippen molar-refractivity contribution in [3.63, 3.8) is 0 Å². The number of carbonyl (C=O) groups excluding carboxylic acids is 3. The molecule has 0 atom stereocenters. The maximum absolute atomic E-state index is 12.1. The van der Waals surface area contributed by atoms with Gasteiger partial charge in [-0.2, -0.15) is 0 Å².